The summed E-state index contributed by atoms with van der Waals surface area (Å²) in [6, 6.07) is 21.5. The van der Waals surface area contributed by atoms with E-state index < -0.39 is 0 Å². The number of para-hydroxylation sites is 2. The second-order valence-corrected chi connectivity index (χ2v) is 8.25. The number of piperazine rings is 1. The lowest BCUT2D eigenvalue weighted by Crippen LogP contribution is -2.49. The second-order valence-electron chi connectivity index (χ2n) is 8.25. The summed E-state index contributed by atoms with van der Waals surface area (Å²) in [5.74, 6) is 1.29. The topological polar surface area (TPSA) is 91.2 Å². The standard InChI is InChI=1S/C26H22N6O2/c33-25(31-12-14-32(15-13-31)26-28-21-5-1-2-6-22(21)29-26)23-16-24(34-30-23)19-9-7-18(8-10-19)20-4-3-11-27-17-20/h1-11,16-17H,12-15H2,(H,28,29). The zero-order valence-electron chi connectivity index (χ0n) is 18.4. The number of H-pyrrole nitrogens is 1. The third-order valence-electron chi connectivity index (χ3n) is 6.14. The molecule has 6 rings (SSSR count). The molecule has 0 aliphatic carbocycles. The molecular formula is C26H22N6O2. The lowest BCUT2D eigenvalue weighted by molar-refractivity contribution is 0.0736. The van der Waals surface area contributed by atoms with Crippen molar-refractivity contribution in [3.05, 3.63) is 84.8 Å². The van der Waals surface area contributed by atoms with Crippen LogP contribution in [0.5, 0.6) is 0 Å². The molecule has 4 heterocycles. The highest BCUT2D eigenvalue weighted by molar-refractivity contribution is 5.93. The molecule has 0 radical (unpaired) electrons. The number of aromatic nitrogens is 4. The van der Waals surface area contributed by atoms with Gasteiger partial charge in [0.2, 0.25) is 5.95 Å². The van der Waals surface area contributed by atoms with Gasteiger partial charge in [-0.15, -0.1) is 0 Å². The van der Waals surface area contributed by atoms with Crippen molar-refractivity contribution < 1.29 is 9.32 Å². The summed E-state index contributed by atoms with van der Waals surface area (Å²) in [4.78, 5) is 29.2. The van der Waals surface area contributed by atoms with Gasteiger partial charge in [0.15, 0.2) is 11.5 Å². The molecule has 8 heteroatoms. The predicted octanol–water partition coefficient (Wildman–Crippen LogP) is 4.24. The van der Waals surface area contributed by atoms with Crippen molar-refractivity contribution in [3.8, 4) is 22.5 Å². The molecule has 168 valence electrons. The van der Waals surface area contributed by atoms with Crippen LogP contribution in [0, 0.1) is 0 Å². The Labute approximate surface area is 195 Å². The summed E-state index contributed by atoms with van der Waals surface area (Å²) in [5, 5.41) is 4.05. The smallest absolute Gasteiger partial charge is 0.276 e. The Hall–Kier alpha value is -4.46. The van der Waals surface area contributed by atoms with E-state index in [4.69, 9.17) is 4.52 Å². The minimum atomic E-state index is -0.119. The zero-order chi connectivity index (χ0) is 22.9. The molecule has 3 aromatic heterocycles. The van der Waals surface area contributed by atoms with Gasteiger partial charge in [-0.1, -0.05) is 47.6 Å². The van der Waals surface area contributed by atoms with Crippen LogP contribution in [0.1, 0.15) is 10.5 Å². The molecule has 34 heavy (non-hydrogen) atoms. The molecule has 0 unspecified atom stereocenters. The first-order chi connectivity index (χ1) is 16.7. The van der Waals surface area contributed by atoms with Gasteiger partial charge in [-0.3, -0.25) is 9.78 Å². The van der Waals surface area contributed by atoms with Gasteiger partial charge in [0.1, 0.15) is 0 Å². The number of hydrogen-bond donors (Lipinski definition) is 1. The van der Waals surface area contributed by atoms with E-state index >= 15 is 0 Å². The fourth-order valence-electron chi connectivity index (χ4n) is 4.24. The van der Waals surface area contributed by atoms with Gasteiger partial charge in [0.05, 0.1) is 11.0 Å². The molecule has 0 atom stereocenters. The number of carbonyl (C=O) groups is 1. The van der Waals surface area contributed by atoms with E-state index in [0.717, 1.165) is 33.7 Å². The molecule has 1 aliphatic rings. The number of hydrogen-bond acceptors (Lipinski definition) is 6. The minimum Gasteiger partial charge on any atom is -0.355 e. The molecule has 1 aliphatic heterocycles. The molecule has 0 saturated carbocycles. The number of anilines is 1. The number of fused-ring (bicyclic) bond motifs is 1. The van der Waals surface area contributed by atoms with Crippen LogP contribution in [0.25, 0.3) is 33.5 Å². The molecule has 1 saturated heterocycles. The summed E-state index contributed by atoms with van der Waals surface area (Å²) in [6.07, 6.45) is 3.58. The maximum atomic E-state index is 13.0. The Kier molecular flexibility index (Phi) is 5.03. The quantitative estimate of drug-likeness (QED) is 0.440. The van der Waals surface area contributed by atoms with Gasteiger partial charge in [-0.2, -0.15) is 0 Å². The number of nitrogens with one attached hydrogen (secondary N) is 1. The lowest BCUT2D eigenvalue weighted by atomic mass is 10.0. The number of carbonyl (C=O) groups excluding carboxylic acids is 1. The fraction of sp³-hybridized carbons (Fsp3) is 0.154. The van der Waals surface area contributed by atoms with Gasteiger partial charge in [0, 0.05) is 50.2 Å². The summed E-state index contributed by atoms with van der Waals surface area (Å²) in [7, 11) is 0. The van der Waals surface area contributed by atoms with Gasteiger partial charge < -0.3 is 19.3 Å². The normalized spacial score (nSPS) is 14.0. The van der Waals surface area contributed by atoms with E-state index in [-0.39, 0.29) is 5.91 Å². The SMILES string of the molecule is O=C(c1cc(-c2ccc(-c3cccnc3)cc2)on1)N1CCN(c2nc3ccccc3[nH]2)CC1. The number of benzene rings is 2. The van der Waals surface area contributed by atoms with Crippen LogP contribution in [0.2, 0.25) is 0 Å². The first-order valence-corrected chi connectivity index (χ1v) is 11.2. The van der Waals surface area contributed by atoms with Crippen LogP contribution in [0.15, 0.2) is 83.6 Å². The minimum absolute atomic E-state index is 0.119. The first kappa shape index (κ1) is 20.2. The van der Waals surface area contributed by atoms with E-state index in [2.05, 4.69) is 25.0 Å². The van der Waals surface area contributed by atoms with Crippen LogP contribution in [-0.4, -0.2) is 57.1 Å². The van der Waals surface area contributed by atoms with Crippen molar-refractivity contribution in [2.24, 2.45) is 0 Å². The summed E-state index contributed by atoms with van der Waals surface area (Å²) >= 11 is 0. The van der Waals surface area contributed by atoms with Crippen LogP contribution >= 0.6 is 0 Å². The van der Waals surface area contributed by atoms with E-state index in [9.17, 15) is 4.79 Å². The fourth-order valence-corrected chi connectivity index (χ4v) is 4.24. The molecule has 1 fully saturated rings. The summed E-state index contributed by atoms with van der Waals surface area (Å²) in [6.45, 7) is 2.59. The van der Waals surface area contributed by atoms with Crippen molar-refractivity contribution >= 4 is 22.9 Å². The lowest BCUT2D eigenvalue weighted by Gasteiger charge is -2.34. The maximum absolute atomic E-state index is 13.0. The number of pyridine rings is 1. The van der Waals surface area contributed by atoms with Crippen molar-refractivity contribution in [1.82, 2.24) is 25.0 Å². The monoisotopic (exact) mass is 450 g/mol. The molecular weight excluding hydrogens is 428 g/mol. The largest absolute Gasteiger partial charge is 0.355 e. The number of amides is 1. The molecule has 1 N–H and O–H groups in total. The van der Waals surface area contributed by atoms with E-state index in [1.54, 1.807) is 12.3 Å². The maximum Gasteiger partial charge on any atom is 0.276 e. The molecule has 0 bridgehead atoms. The molecule has 5 aromatic rings. The van der Waals surface area contributed by atoms with E-state index in [1.807, 2.05) is 71.8 Å². The van der Waals surface area contributed by atoms with Gasteiger partial charge >= 0.3 is 0 Å². The number of rotatable bonds is 4. The zero-order valence-corrected chi connectivity index (χ0v) is 18.4. The summed E-state index contributed by atoms with van der Waals surface area (Å²) < 4.78 is 5.50. The van der Waals surface area contributed by atoms with Crippen molar-refractivity contribution in [3.63, 3.8) is 0 Å². The highest BCUT2D eigenvalue weighted by Gasteiger charge is 2.26. The Morgan fingerprint density at radius 2 is 1.68 bits per heavy atom. The van der Waals surface area contributed by atoms with Crippen molar-refractivity contribution in [2.75, 3.05) is 31.1 Å². The number of imidazole rings is 1. The van der Waals surface area contributed by atoms with Gasteiger partial charge in [0.25, 0.3) is 5.91 Å². The van der Waals surface area contributed by atoms with E-state index in [0.29, 0.717) is 37.6 Å². The average molecular weight is 451 g/mol. The number of aromatic amines is 1. The van der Waals surface area contributed by atoms with Crippen molar-refractivity contribution in [1.29, 1.82) is 0 Å². The van der Waals surface area contributed by atoms with Crippen LogP contribution < -0.4 is 4.90 Å². The second kappa shape index (κ2) is 8.47. The third kappa shape index (κ3) is 3.79. The van der Waals surface area contributed by atoms with Gasteiger partial charge in [-0.25, -0.2) is 4.98 Å². The Bertz CT molecular complexity index is 1400. The summed E-state index contributed by atoms with van der Waals surface area (Å²) in [5.41, 5.74) is 5.26. The molecule has 2 aromatic carbocycles. The third-order valence-corrected chi connectivity index (χ3v) is 6.14. The van der Waals surface area contributed by atoms with E-state index in [1.165, 1.54) is 0 Å². The Morgan fingerprint density at radius 1 is 0.882 bits per heavy atom. The predicted molar refractivity (Wildman–Crippen MR) is 129 cm³/mol. The first-order valence-electron chi connectivity index (χ1n) is 11.2. The van der Waals surface area contributed by atoms with Crippen LogP contribution in [0.3, 0.4) is 0 Å². The van der Waals surface area contributed by atoms with Crippen LogP contribution in [-0.2, 0) is 0 Å². The van der Waals surface area contributed by atoms with Crippen LogP contribution in [0.4, 0.5) is 5.95 Å². The van der Waals surface area contributed by atoms with Crippen molar-refractivity contribution in [2.45, 2.75) is 0 Å². The highest BCUT2D eigenvalue weighted by atomic mass is 16.5. The molecule has 8 nitrogen and oxygen atoms in total. The number of nitrogens with zero attached hydrogens (tertiary/aromatic N) is 5. The Morgan fingerprint density at radius 3 is 2.44 bits per heavy atom. The molecule has 0 spiro atoms. The Balaban J connectivity index is 1.12. The molecule has 1 amide bonds. The highest BCUT2D eigenvalue weighted by Crippen LogP contribution is 2.26. The average Bonchev–Trinajstić information content (AvgIpc) is 3.57. The van der Waals surface area contributed by atoms with Gasteiger partial charge in [-0.05, 0) is 29.3 Å².